The van der Waals surface area contributed by atoms with Crippen LogP contribution >= 0.6 is 0 Å². The summed E-state index contributed by atoms with van der Waals surface area (Å²) in [6, 6.07) is 4.72. The zero-order valence-electron chi connectivity index (χ0n) is 14.5. The Hall–Kier alpha value is -2.15. The molecule has 1 aliphatic heterocycles. The molecule has 1 heterocycles. The van der Waals surface area contributed by atoms with E-state index in [4.69, 9.17) is 0 Å². The van der Waals surface area contributed by atoms with Gasteiger partial charge in [0.15, 0.2) is 0 Å². The average molecular weight is 347 g/mol. The van der Waals surface area contributed by atoms with Crippen molar-refractivity contribution in [2.24, 2.45) is 5.92 Å². The summed E-state index contributed by atoms with van der Waals surface area (Å²) in [7, 11) is 1.50. The van der Waals surface area contributed by atoms with E-state index >= 15 is 0 Å². The number of nitrogens with zero attached hydrogens (tertiary/aromatic N) is 2. The molecule has 1 aromatic rings. The Morgan fingerprint density at radius 3 is 2.68 bits per heavy atom. The zero-order valence-corrected chi connectivity index (χ0v) is 14.5. The van der Waals surface area contributed by atoms with Gasteiger partial charge in [-0.15, -0.1) is 0 Å². The minimum absolute atomic E-state index is 0.0731. The predicted octanol–water partition coefficient (Wildman–Crippen LogP) is 2.47. The van der Waals surface area contributed by atoms with Crippen molar-refractivity contribution in [3.8, 4) is 0 Å². The third-order valence-corrected chi connectivity index (χ3v) is 5.49. The summed E-state index contributed by atoms with van der Waals surface area (Å²) in [4.78, 5) is 24.9. The van der Waals surface area contributed by atoms with E-state index in [1.54, 1.807) is 12.1 Å². The highest BCUT2D eigenvalue weighted by molar-refractivity contribution is 5.95. The van der Waals surface area contributed by atoms with Gasteiger partial charge in [0.1, 0.15) is 5.69 Å². The van der Waals surface area contributed by atoms with E-state index in [2.05, 4.69) is 5.32 Å². The number of aliphatic hydroxyl groups excluding tert-OH is 1. The zero-order chi connectivity index (χ0) is 18.0. The van der Waals surface area contributed by atoms with Crippen LogP contribution in [-0.2, 0) is 0 Å². The number of β-amino-alcohol motifs (C(OH)–C–C–N with tert-alkyl or cyclic N) is 1. The van der Waals surface area contributed by atoms with Crippen molar-refractivity contribution in [3.05, 3.63) is 33.9 Å². The molecule has 2 aliphatic rings. The summed E-state index contributed by atoms with van der Waals surface area (Å²) in [5, 5.41) is 24.3. The van der Waals surface area contributed by atoms with E-state index in [1.165, 1.54) is 32.4 Å². The summed E-state index contributed by atoms with van der Waals surface area (Å²) in [6.45, 7) is 0.404. The van der Waals surface area contributed by atoms with Crippen molar-refractivity contribution in [1.29, 1.82) is 0 Å². The Balaban J connectivity index is 1.95. The molecular weight excluding hydrogens is 322 g/mol. The molecule has 1 saturated carbocycles. The summed E-state index contributed by atoms with van der Waals surface area (Å²) in [5.41, 5.74) is 0.702. The highest BCUT2D eigenvalue weighted by Gasteiger charge is 2.39. The van der Waals surface area contributed by atoms with Crippen molar-refractivity contribution < 1.29 is 14.8 Å². The number of hydrogen-bond donors (Lipinski definition) is 2. The summed E-state index contributed by atoms with van der Waals surface area (Å²) >= 11 is 0. The number of nitro benzene ring substituents is 1. The van der Waals surface area contributed by atoms with Gasteiger partial charge in [0.2, 0.25) is 0 Å². The van der Waals surface area contributed by atoms with E-state index in [-0.39, 0.29) is 23.2 Å². The second-order valence-corrected chi connectivity index (χ2v) is 7.05. The number of hydrogen-bond acceptors (Lipinski definition) is 5. The van der Waals surface area contributed by atoms with E-state index in [0.29, 0.717) is 24.6 Å². The molecule has 1 aliphatic carbocycles. The maximum Gasteiger partial charge on any atom is 0.293 e. The number of amides is 1. The molecule has 2 N–H and O–H groups in total. The fourth-order valence-electron chi connectivity index (χ4n) is 4.28. The maximum absolute atomic E-state index is 11.8. The van der Waals surface area contributed by atoms with Crippen molar-refractivity contribution in [3.63, 3.8) is 0 Å². The number of nitro groups is 1. The molecule has 0 bridgehead atoms. The summed E-state index contributed by atoms with van der Waals surface area (Å²) in [5.74, 6) is 0.115. The van der Waals surface area contributed by atoms with Gasteiger partial charge >= 0.3 is 0 Å². The lowest BCUT2D eigenvalue weighted by Gasteiger charge is -2.34. The highest BCUT2D eigenvalue weighted by atomic mass is 16.6. The van der Waals surface area contributed by atoms with Crippen LogP contribution in [-0.4, -0.2) is 41.7 Å². The van der Waals surface area contributed by atoms with Gasteiger partial charge < -0.3 is 15.3 Å². The number of nitrogens with one attached hydrogen (secondary N) is 1. The molecule has 3 rings (SSSR count). The van der Waals surface area contributed by atoms with Crippen LogP contribution in [0.1, 0.15) is 48.9 Å². The maximum atomic E-state index is 11.8. The van der Waals surface area contributed by atoms with Gasteiger partial charge in [0.25, 0.3) is 11.6 Å². The molecule has 7 nitrogen and oxygen atoms in total. The van der Waals surface area contributed by atoms with Gasteiger partial charge in [0.05, 0.1) is 11.0 Å². The number of benzene rings is 1. The van der Waals surface area contributed by atoms with Crippen LogP contribution in [0.25, 0.3) is 0 Å². The molecule has 0 unspecified atom stereocenters. The van der Waals surface area contributed by atoms with Gasteiger partial charge in [-0.2, -0.15) is 0 Å². The molecule has 1 aromatic carbocycles. The topological polar surface area (TPSA) is 95.7 Å². The first-order valence-electron chi connectivity index (χ1n) is 8.96. The lowest BCUT2D eigenvalue weighted by molar-refractivity contribution is -0.384. The molecule has 2 fully saturated rings. The first-order chi connectivity index (χ1) is 12.0. The molecule has 0 aromatic heterocycles. The lowest BCUT2D eigenvalue weighted by Crippen LogP contribution is -2.37. The molecule has 0 spiro atoms. The highest BCUT2D eigenvalue weighted by Crippen LogP contribution is 2.40. The number of aliphatic hydroxyl groups is 1. The van der Waals surface area contributed by atoms with E-state index in [1.807, 2.05) is 4.90 Å². The fraction of sp³-hybridized carbons (Fsp3) is 0.611. The van der Waals surface area contributed by atoms with E-state index in [0.717, 1.165) is 12.8 Å². The second kappa shape index (κ2) is 7.39. The van der Waals surface area contributed by atoms with Crippen LogP contribution in [0.15, 0.2) is 18.2 Å². The van der Waals surface area contributed by atoms with E-state index < -0.39 is 11.0 Å². The van der Waals surface area contributed by atoms with Crippen molar-refractivity contribution in [1.82, 2.24) is 5.32 Å². The normalized spacial score (nSPS) is 24.3. The Bertz CT molecular complexity index is 658. The van der Waals surface area contributed by atoms with Crippen molar-refractivity contribution >= 4 is 17.3 Å². The molecule has 0 radical (unpaired) electrons. The Morgan fingerprint density at radius 1 is 1.32 bits per heavy atom. The quantitative estimate of drug-likeness (QED) is 0.644. The van der Waals surface area contributed by atoms with Gasteiger partial charge in [-0.3, -0.25) is 14.9 Å². The number of rotatable bonds is 4. The monoisotopic (exact) mass is 347 g/mol. The third-order valence-electron chi connectivity index (χ3n) is 5.49. The van der Waals surface area contributed by atoms with Crippen molar-refractivity contribution in [2.75, 3.05) is 18.5 Å². The van der Waals surface area contributed by atoms with Crippen LogP contribution < -0.4 is 10.2 Å². The standard InChI is InChI=1S/C18H25N3O4/c1-19-18(23)13-7-8-15(17(9-13)21(24)25)20-11-14(22)10-16(20)12-5-3-2-4-6-12/h7-9,12,14,16,22H,2-6,10-11H2,1H3,(H,19,23)/t14-,16-/m1/s1. The predicted molar refractivity (Wildman–Crippen MR) is 94.8 cm³/mol. The van der Waals surface area contributed by atoms with Gasteiger partial charge in [-0.05, 0) is 37.3 Å². The lowest BCUT2D eigenvalue weighted by atomic mass is 9.82. The first kappa shape index (κ1) is 17.7. The third kappa shape index (κ3) is 3.61. The minimum atomic E-state index is -0.467. The van der Waals surface area contributed by atoms with Crippen LogP contribution in [0.5, 0.6) is 0 Å². The SMILES string of the molecule is CNC(=O)c1ccc(N2C[C@H](O)C[C@@H]2C2CCCCC2)c([N+](=O)[O-])c1. The van der Waals surface area contributed by atoms with Crippen LogP contribution in [0.4, 0.5) is 11.4 Å². The largest absolute Gasteiger partial charge is 0.391 e. The van der Waals surface area contributed by atoms with Crippen molar-refractivity contribution in [2.45, 2.75) is 50.7 Å². The Labute approximate surface area is 147 Å². The van der Waals surface area contributed by atoms with E-state index in [9.17, 15) is 20.0 Å². The summed E-state index contributed by atoms with van der Waals surface area (Å²) < 4.78 is 0. The second-order valence-electron chi connectivity index (χ2n) is 7.05. The Morgan fingerprint density at radius 2 is 2.04 bits per heavy atom. The fourth-order valence-corrected chi connectivity index (χ4v) is 4.28. The molecule has 2 atom stereocenters. The first-order valence-corrected chi connectivity index (χ1v) is 8.96. The van der Waals surface area contributed by atoms with Gasteiger partial charge in [-0.25, -0.2) is 0 Å². The van der Waals surface area contributed by atoms with Gasteiger partial charge in [-0.1, -0.05) is 19.3 Å². The molecule has 7 heteroatoms. The van der Waals surface area contributed by atoms with Crippen LogP contribution in [0.2, 0.25) is 0 Å². The Kier molecular flexibility index (Phi) is 5.22. The number of anilines is 1. The summed E-state index contributed by atoms with van der Waals surface area (Å²) in [6.07, 6.45) is 6.01. The molecule has 1 amide bonds. The van der Waals surface area contributed by atoms with Crippen LogP contribution in [0, 0.1) is 16.0 Å². The van der Waals surface area contributed by atoms with Crippen LogP contribution in [0.3, 0.4) is 0 Å². The molecule has 1 saturated heterocycles. The van der Waals surface area contributed by atoms with Gasteiger partial charge in [0, 0.05) is 31.3 Å². The average Bonchev–Trinajstić information content (AvgIpc) is 3.02. The smallest absolute Gasteiger partial charge is 0.293 e. The molecule has 136 valence electrons. The minimum Gasteiger partial charge on any atom is -0.391 e. The number of carbonyl (C=O) groups excluding carboxylic acids is 1. The number of carbonyl (C=O) groups is 1. The molecular formula is C18H25N3O4. The molecule has 25 heavy (non-hydrogen) atoms.